The van der Waals surface area contributed by atoms with E-state index in [1.165, 1.54) is 11.1 Å². The maximum absolute atomic E-state index is 12.9. The van der Waals surface area contributed by atoms with E-state index in [4.69, 9.17) is 11.6 Å². The van der Waals surface area contributed by atoms with Gasteiger partial charge >= 0.3 is 6.03 Å². The Morgan fingerprint density at radius 3 is 2.88 bits per heavy atom. The highest BCUT2D eigenvalue weighted by Gasteiger charge is 2.49. The summed E-state index contributed by atoms with van der Waals surface area (Å²) in [6, 6.07) is 5.60. The SMILES string of the molecule is CC1(c2ccc3c(c2)CCC3)NC(=O)N(Cc2nnsc2Cl)C1=O. The van der Waals surface area contributed by atoms with Gasteiger partial charge in [0.1, 0.15) is 15.6 Å². The Hall–Kier alpha value is -1.99. The molecule has 6 nitrogen and oxygen atoms in total. The summed E-state index contributed by atoms with van der Waals surface area (Å²) in [7, 11) is 0. The Morgan fingerprint density at radius 1 is 1.33 bits per heavy atom. The van der Waals surface area contributed by atoms with Crippen molar-refractivity contribution in [1.29, 1.82) is 0 Å². The van der Waals surface area contributed by atoms with Gasteiger partial charge in [0.15, 0.2) is 0 Å². The number of hydrogen-bond acceptors (Lipinski definition) is 5. The summed E-state index contributed by atoms with van der Waals surface area (Å²) >= 11 is 7.02. The predicted octanol–water partition coefficient (Wildman–Crippen LogP) is 2.65. The number of aryl methyl sites for hydroxylation is 2. The first-order valence-corrected chi connectivity index (χ1v) is 8.87. The standard InChI is InChI=1S/C16H15ClN4O2S/c1-16(11-6-5-9-3-2-4-10(9)7-11)14(22)21(15(23)18-16)8-12-13(17)24-20-19-12/h5-7H,2-4,8H2,1H3,(H,18,23). The van der Waals surface area contributed by atoms with Crippen LogP contribution in [0.5, 0.6) is 0 Å². The zero-order chi connectivity index (χ0) is 16.9. The summed E-state index contributed by atoms with van der Waals surface area (Å²) in [6.45, 7) is 1.77. The fourth-order valence-electron chi connectivity index (χ4n) is 3.36. The molecule has 1 fully saturated rings. The zero-order valence-corrected chi connectivity index (χ0v) is 14.6. The molecule has 0 bridgehead atoms. The molecule has 2 aliphatic rings. The summed E-state index contributed by atoms with van der Waals surface area (Å²) in [4.78, 5) is 26.4. The van der Waals surface area contributed by atoms with E-state index >= 15 is 0 Å². The number of rotatable bonds is 3. The molecule has 1 aromatic carbocycles. The molecule has 4 rings (SSSR count). The normalized spacial score (nSPS) is 22.8. The van der Waals surface area contributed by atoms with Crippen molar-refractivity contribution in [3.63, 3.8) is 0 Å². The molecule has 2 heterocycles. The molecule has 1 aliphatic carbocycles. The van der Waals surface area contributed by atoms with Gasteiger partial charge in [-0.3, -0.25) is 9.69 Å². The monoisotopic (exact) mass is 362 g/mol. The van der Waals surface area contributed by atoms with Crippen molar-refractivity contribution in [2.24, 2.45) is 0 Å². The summed E-state index contributed by atoms with van der Waals surface area (Å²) < 4.78 is 4.13. The summed E-state index contributed by atoms with van der Waals surface area (Å²) in [5.74, 6) is -0.297. The smallest absolute Gasteiger partial charge is 0.319 e. The Bertz CT molecular complexity index is 852. The zero-order valence-electron chi connectivity index (χ0n) is 13.0. The molecular formula is C16H15ClN4O2S. The van der Waals surface area contributed by atoms with Crippen LogP contribution in [0.2, 0.25) is 4.34 Å². The predicted molar refractivity (Wildman–Crippen MR) is 89.8 cm³/mol. The van der Waals surface area contributed by atoms with E-state index in [0.717, 1.165) is 41.3 Å². The number of aromatic nitrogens is 2. The quantitative estimate of drug-likeness (QED) is 0.852. The molecule has 124 valence electrons. The van der Waals surface area contributed by atoms with Crippen LogP contribution in [0.4, 0.5) is 4.79 Å². The van der Waals surface area contributed by atoms with Crippen molar-refractivity contribution in [3.8, 4) is 0 Å². The summed E-state index contributed by atoms with van der Waals surface area (Å²) in [5, 5.41) is 6.70. The van der Waals surface area contributed by atoms with Crippen molar-refractivity contribution < 1.29 is 9.59 Å². The van der Waals surface area contributed by atoms with E-state index in [2.05, 4.69) is 21.0 Å². The van der Waals surface area contributed by atoms with Crippen molar-refractivity contribution in [3.05, 3.63) is 44.9 Å². The summed E-state index contributed by atoms with van der Waals surface area (Å²) in [5.41, 5.74) is 2.78. The number of nitrogens with zero attached hydrogens (tertiary/aromatic N) is 3. The van der Waals surface area contributed by atoms with Gasteiger partial charge in [-0.05, 0) is 42.9 Å². The first kappa shape index (κ1) is 15.5. The first-order chi connectivity index (χ1) is 11.5. The molecule has 0 radical (unpaired) electrons. The number of nitrogens with one attached hydrogen (secondary N) is 1. The Morgan fingerprint density at radius 2 is 2.12 bits per heavy atom. The van der Waals surface area contributed by atoms with E-state index in [1.54, 1.807) is 6.92 Å². The molecule has 1 aromatic heterocycles. The van der Waals surface area contributed by atoms with Crippen molar-refractivity contribution in [1.82, 2.24) is 19.8 Å². The minimum atomic E-state index is -1.06. The number of benzene rings is 1. The van der Waals surface area contributed by atoms with Crippen LogP contribution in [-0.4, -0.2) is 26.4 Å². The van der Waals surface area contributed by atoms with E-state index in [9.17, 15) is 9.59 Å². The molecule has 1 N–H and O–H groups in total. The van der Waals surface area contributed by atoms with E-state index in [0.29, 0.717) is 10.0 Å². The molecule has 1 atom stereocenters. The van der Waals surface area contributed by atoms with Crippen LogP contribution in [0.1, 0.15) is 35.7 Å². The number of halogens is 1. The van der Waals surface area contributed by atoms with E-state index in [-0.39, 0.29) is 12.5 Å². The van der Waals surface area contributed by atoms with Crippen LogP contribution in [-0.2, 0) is 29.7 Å². The molecule has 3 amide bonds. The van der Waals surface area contributed by atoms with Gasteiger partial charge in [-0.15, -0.1) is 5.10 Å². The number of hydrogen-bond donors (Lipinski definition) is 1. The molecule has 8 heteroatoms. The van der Waals surface area contributed by atoms with Crippen LogP contribution in [0.3, 0.4) is 0 Å². The fraction of sp³-hybridized carbons (Fsp3) is 0.375. The Labute approximate surface area is 148 Å². The van der Waals surface area contributed by atoms with Gasteiger partial charge in [0.25, 0.3) is 5.91 Å². The summed E-state index contributed by atoms with van der Waals surface area (Å²) in [6.07, 6.45) is 3.23. The number of fused-ring (bicyclic) bond motifs is 1. The maximum Gasteiger partial charge on any atom is 0.325 e. The lowest BCUT2D eigenvalue weighted by atomic mass is 9.89. The van der Waals surface area contributed by atoms with Crippen LogP contribution in [0.25, 0.3) is 0 Å². The average Bonchev–Trinajstić information content (AvgIpc) is 3.23. The second-order valence-corrected chi connectivity index (χ2v) is 7.63. The Kier molecular flexibility index (Phi) is 3.58. The molecule has 2 aromatic rings. The minimum Gasteiger partial charge on any atom is -0.319 e. The number of amides is 3. The third-order valence-corrected chi connectivity index (χ3v) is 5.75. The molecule has 1 aliphatic heterocycles. The van der Waals surface area contributed by atoms with Gasteiger partial charge < -0.3 is 5.32 Å². The number of carbonyl (C=O) groups is 2. The van der Waals surface area contributed by atoms with Gasteiger partial charge in [0, 0.05) is 11.5 Å². The van der Waals surface area contributed by atoms with Gasteiger partial charge in [-0.25, -0.2) is 4.79 Å². The third-order valence-electron chi connectivity index (χ3n) is 4.77. The fourth-order valence-corrected chi connectivity index (χ4v) is 3.97. The largest absolute Gasteiger partial charge is 0.325 e. The van der Waals surface area contributed by atoms with Gasteiger partial charge in [0.2, 0.25) is 0 Å². The van der Waals surface area contributed by atoms with Gasteiger partial charge in [0.05, 0.1) is 6.54 Å². The lowest BCUT2D eigenvalue weighted by Crippen LogP contribution is -2.41. The minimum absolute atomic E-state index is 0.0283. The molecule has 0 spiro atoms. The molecule has 1 saturated heterocycles. The highest BCUT2D eigenvalue weighted by Crippen LogP contribution is 2.33. The number of urea groups is 1. The van der Waals surface area contributed by atoms with Crippen LogP contribution in [0.15, 0.2) is 18.2 Å². The topological polar surface area (TPSA) is 75.2 Å². The van der Waals surface area contributed by atoms with Crippen molar-refractivity contribution in [2.75, 3.05) is 0 Å². The highest BCUT2D eigenvalue weighted by atomic mass is 35.5. The average molecular weight is 363 g/mol. The second kappa shape index (κ2) is 5.53. The van der Waals surface area contributed by atoms with Crippen molar-refractivity contribution >= 4 is 35.1 Å². The molecule has 0 saturated carbocycles. The lowest BCUT2D eigenvalue weighted by molar-refractivity contribution is -0.131. The maximum atomic E-state index is 12.9. The van der Waals surface area contributed by atoms with Crippen LogP contribution in [0, 0.1) is 0 Å². The van der Waals surface area contributed by atoms with Gasteiger partial charge in [-0.1, -0.05) is 34.3 Å². The number of imide groups is 1. The Balaban J connectivity index is 1.65. The first-order valence-electron chi connectivity index (χ1n) is 7.72. The third kappa shape index (κ3) is 2.31. The highest BCUT2D eigenvalue weighted by molar-refractivity contribution is 7.10. The van der Waals surface area contributed by atoms with Crippen LogP contribution >= 0.6 is 23.1 Å². The van der Waals surface area contributed by atoms with Gasteiger partial charge in [-0.2, -0.15) is 0 Å². The van der Waals surface area contributed by atoms with E-state index in [1.807, 2.05) is 12.1 Å². The van der Waals surface area contributed by atoms with Crippen LogP contribution < -0.4 is 5.32 Å². The number of carbonyl (C=O) groups excluding carboxylic acids is 2. The molecular weight excluding hydrogens is 348 g/mol. The second-order valence-electron chi connectivity index (χ2n) is 6.28. The van der Waals surface area contributed by atoms with E-state index < -0.39 is 11.6 Å². The molecule has 1 unspecified atom stereocenters. The lowest BCUT2D eigenvalue weighted by Gasteiger charge is -2.23. The molecule has 24 heavy (non-hydrogen) atoms. The van der Waals surface area contributed by atoms with Crippen molar-refractivity contribution in [2.45, 2.75) is 38.3 Å².